The van der Waals surface area contributed by atoms with E-state index in [1.807, 2.05) is 24.7 Å². The molecule has 21 heavy (non-hydrogen) atoms. The smallest absolute Gasteiger partial charge is 0.159 e. The summed E-state index contributed by atoms with van der Waals surface area (Å²) in [5, 5.41) is 8.37. The van der Waals surface area contributed by atoms with E-state index in [1.54, 1.807) is 6.26 Å². The van der Waals surface area contributed by atoms with Gasteiger partial charge in [-0.25, -0.2) is 4.98 Å². The predicted octanol–water partition coefficient (Wildman–Crippen LogP) is 3.06. The topological polar surface area (TPSA) is 61.7 Å². The van der Waals surface area contributed by atoms with Crippen LogP contribution in [0.3, 0.4) is 0 Å². The van der Waals surface area contributed by atoms with Crippen LogP contribution in [0.15, 0.2) is 16.9 Å². The molecule has 0 saturated heterocycles. The van der Waals surface area contributed by atoms with Gasteiger partial charge in [0.2, 0.25) is 0 Å². The molecule has 0 fully saturated rings. The molecule has 0 aromatic carbocycles. The van der Waals surface area contributed by atoms with Crippen LogP contribution in [0.1, 0.15) is 42.9 Å². The minimum absolute atomic E-state index is 0.182. The van der Waals surface area contributed by atoms with Crippen molar-refractivity contribution in [2.45, 2.75) is 38.6 Å². The predicted molar refractivity (Wildman–Crippen MR) is 80.4 cm³/mol. The molecule has 0 aliphatic carbocycles. The Hall–Kier alpha value is -1.82. The number of fused-ring (bicyclic) bond motifs is 1. The maximum absolute atomic E-state index is 6.30. The van der Waals surface area contributed by atoms with E-state index in [-0.39, 0.29) is 5.38 Å². The monoisotopic (exact) mass is 307 g/mol. The Bertz CT molecular complexity index is 741. The molecule has 0 aliphatic rings. The van der Waals surface area contributed by atoms with Crippen LogP contribution >= 0.6 is 11.6 Å². The second-order valence-electron chi connectivity index (χ2n) is 5.16. The zero-order valence-corrected chi connectivity index (χ0v) is 13.1. The van der Waals surface area contributed by atoms with Crippen molar-refractivity contribution < 1.29 is 4.52 Å². The average molecular weight is 308 g/mol. The van der Waals surface area contributed by atoms with Gasteiger partial charge in [0.15, 0.2) is 5.65 Å². The van der Waals surface area contributed by atoms with Crippen molar-refractivity contribution in [3.05, 3.63) is 29.5 Å². The molecule has 1 atom stereocenters. The van der Waals surface area contributed by atoms with Crippen LogP contribution in [0.25, 0.3) is 11.2 Å². The molecule has 3 heterocycles. The molecule has 0 amide bonds. The fourth-order valence-corrected chi connectivity index (χ4v) is 2.77. The van der Waals surface area contributed by atoms with Gasteiger partial charge < -0.3 is 9.09 Å². The van der Waals surface area contributed by atoms with Gasteiger partial charge in [-0.05, 0) is 13.3 Å². The highest BCUT2D eigenvalue weighted by atomic mass is 35.5. The van der Waals surface area contributed by atoms with Crippen molar-refractivity contribution in [3.8, 4) is 0 Å². The molecule has 6 nitrogen and oxygen atoms in total. The van der Waals surface area contributed by atoms with Crippen LogP contribution in [0.2, 0.25) is 0 Å². The van der Waals surface area contributed by atoms with Crippen molar-refractivity contribution in [1.29, 1.82) is 0 Å². The number of alkyl halides is 1. The van der Waals surface area contributed by atoms with Gasteiger partial charge in [-0.3, -0.25) is 4.68 Å². The highest BCUT2D eigenvalue weighted by Crippen LogP contribution is 2.27. The van der Waals surface area contributed by atoms with Crippen molar-refractivity contribution in [3.63, 3.8) is 0 Å². The van der Waals surface area contributed by atoms with Crippen molar-refractivity contribution >= 4 is 22.8 Å². The summed E-state index contributed by atoms with van der Waals surface area (Å²) in [5.41, 5.74) is 3.77. The first kappa shape index (κ1) is 14.1. The van der Waals surface area contributed by atoms with Crippen LogP contribution in [0.5, 0.6) is 0 Å². The Balaban J connectivity index is 2.17. The van der Waals surface area contributed by atoms with E-state index >= 15 is 0 Å². The van der Waals surface area contributed by atoms with E-state index in [0.717, 1.165) is 41.2 Å². The Morgan fingerprint density at radius 2 is 2.24 bits per heavy atom. The summed E-state index contributed by atoms with van der Waals surface area (Å²) in [7, 11) is 1.94. The van der Waals surface area contributed by atoms with Crippen LogP contribution in [-0.4, -0.2) is 24.5 Å². The average Bonchev–Trinajstić information content (AvgIpc) is 3.11. The van der Waals surface area contributed by atoms with Crippen LogP contribution in [0, 0.1) is 0 Å². The van der Waals surface area contributed by atoms with Gasteiger partial charge >= 0.3 is 0 Å². The molecule has 112 valence electrons. The number of aryl methyl sites for hydroxylation is 2. The number of nitrogens with zero attached hydrogens (tertiary/aromatic N) is 5. The fourth-order valence-electron chi connectivity index (χ4n) is 2.60. The molecular formula is C14H18ClN5O. The summed E-state index contributed by atoms with van der Waals surface area (Å²) in [6.07, 6.45) is 3.52. The van der Waals surface area contributed by atoms with E-state index in [4.69, 9.17) is 21.1 Å². The standard InChI is InChI=1S/C14H18ClN5O/c1-4-5-11-12-14(19(3)17-11)20(13(16-12)9(2)15)8-10-6-7-21-18-10/h6-7,9H,4-5,8H2,1-3H3. The molecule has 0 aliphatic heterocycles. The molecule has 3 aromatic heterocycles. The summed E-state index contributed by atoms with van der Waals surface area (Å²) < 4.78 is 8.85. The highest BCUT2D eigenvalue weighted by Gasteiger charge is 2.21. The number of hydrogen-bond acceptors (Lipinski definition) is 4. The lowest BCUT2D eigenvalue weighted by atomic mass is 10.2. The zero-order chi connectivity index (χ0) is 15.0. The Morgan fingerprint density at radius 1 is 1.43 bits per heavy atom. The highest BCUT2D eigenvalue weighted by molar-refractivity contribution is 6.20. The van der Waals surface area contributed by atoms with Gasteiger partial charge in [0.05, 0.1) is 17.6 Å². The van der Waals surface area contributed by atoms with E-state index in [2.05, 4.69) is 21.7 Å². The van der Waals surface area contributed by atoms with Gasteiger partial charge in [-0.1, -0.05) is 18.5 Å². The lowest BCUT2D eigenvalue weighted by Gasteiger charge is -2.09. The molecule has 0 N–H and O–H groups in total. The van der Waals surface area contributed by atoms with Gasteiger partial charge in [-0.15, -0.1) is 11.6 Å². The Labute approximate surface area is 127 Å². The molecular weight excluding hydrogens is 290 g/mol. The normalized spacial score (nSPS) is 13.1. The second-order valence-corrected chi connectivity index (χ2v) is 5.81. The molecule has 0 spiro atoms. The molecule has 0 radical (unpaired) electrons. The SMILES string of the molecule is CCCc1nn(C)c2c1nc(C(C)Cl)n2Cc1ccon1. The number of imidazole rings is 1. The summed E-state index contributed by atoms with van der Waals surface area (Å²) >= 11 is 6.30. The molecule has 3 aromatic rings. The Kier molecular flexibility index (Phi) is 3.71. The molecule has 0 saturated carbocycles. The number of hydrogen-bond donors (Lipinski definition) is 0. The van der Waals surface area contributed by atoms with E-state index in [1.165, 1.54) is 0 Å². The van der Waals surface area contributed by atoms with E-state index < -0.39 is 0 Å². The maximum Gasteiger partial charge on any atom is 0.159 e. The fraction of sp³-hybridized carbons (Fsp3) is 0.500. The quantitative estimate of drug-likeness (QED) is 0.680. The lowest BCUT2D eigenvalue weighted by molar-refractivity contribution is 0.409. The summed E-state index contributed by atoms with van der Waals surface area (Å²) in [4.78, 5) is 4.72. The summed E-state index contributed by atoms with van der Waals surface area (Å²) in [6, 6.07) is 1.85. The third-order valence-electron chi connectivity index (χ3n) is 3.47. The Morgan fingerprint density at radius 3 is 2.86 bits per heavy atom. The molecule has 0 bridgehead atoms. The molecule has 7 heteroatoms. The summed E-state index contributed by atoms with van der Waals surface area (Å²) in [5.74, 6) is 0.833. The molecule has 3 rings (SSSR count). The maximum atomic E-state index is 6.30. The number of halogens is 1. The first-order valence-corrected chi connectivity index (χ1v) is 7.50. The van der Waals surface area contributed by atoms with Gasteiger partial charge in [-0.2, -0.15) is 5.10 Å². The minimum atomic E-state index is -0.182. The van der Waals surface area contributed by atoms with Crippen LogP contribution in [-0.2, 0) is 20.0 Å². The van der Waals surface area contributed by atoms with Crippen LogP contribution in [0.4, 0.5) is 0 Å². The first-order valence-electron chi connectivity index (χ1n) is 7.07. The van der Waals surface area contributed by atoms with Crippen LogP contribution < -0.4 is 0 Å². The summed E-state index contributed by atoms with van der Waals surface area (Å²) in [6.45, 7) is 4.64. The van der Waals surface area contributed by atoms with Gasteiger partial charge in [0, 0.05) is 13.1 Å². The molecule has 1 unspecified atom stereocenters. The minimum Gasteiger partial charge on any atom is -0.364 e. The zero-order valence-electron chi connectivity index (χ0n) is 12.4. The lowest BCUT2D eigenvalue weighted by Crippen LogP contribution is -2.09. The third-order valence-corrected chi connectivity index (χ3v) is 3.67. The van der Waals surface area contributed by atoms with Gasteiger partial charge in [0.1, 0.15) is 23.3 Å². The largest absolute Gasteiger partial charge is 0.364 e. The third kappa shape index (κ3) is 2.44. The first-order chi connectivity index (χ1) is 10.1. The van der Waals surface area contributed by atoms with Crippen molar-refractivity contribution in [1.82, 2.24) is 24.5 Å². The van der Waals surface area contributed by atoms with Gasteiger partial charge in [0.25, 0.3) is 0 Å². The van der Waals surface area contributed by atoms with Crippen molar-refractivity contribution in [2.24, 2.45) is 7.05 Å². The van der Waals surface area contributed by atoms with Crippen molar-refractivity contribution in [2.75, 3.05) is 0 Å². The second kappa shape index (κ2) is 5.52. The number of aromatic nitrogens is 5. The number of rotatable bonds is 5. The van der Waals surface area contributed by atoms with E-state index in [0.29, 0.717) is 6.54 Å². The van der Waals surface area contributed by atoms with E-state index in [9.17, 15) is 0 Å².